The molecule has 138 valence electrons. The minimum atomic E-state index is -0.248. The van der Waals surface area contributed by atoms with E-state index >= 15 is 0 Å². The maximum atomic E-state index is 14.6. The molecule has 1 aromatic rings. The summed E-state index contributed by atoms with van der Waals surface area (Å²) in [6, 6.07) is 5.53. The maximum Gasteiger partial charge on any atom is 0.317 e. The minimum absolute atomic E-state index is 0.0645. The second-order valence-electron chi connectivity index (χ2n) is 7.12. The van der Waals surface area contributed by atoms with E-state index in [1.807, 2.05) is 36.6 Å². The highest BCUT2D eigenvalue weighted by Crippen LogP contribution is 2.27. The van der Waals surface area contributed by atoms with Crippen molar-refractivity contribution >= 4 is 11.7 Å². The van der Waals surface area contributed by atoms with Gasteiger partial charge in [0.15, 0.2) is 0 Å². The second-order valence-corrected chi connectivity index (χ2v) is 7.12. The molecule has 2 aliphatic rings. The fourth-order valence-electron chi connectivity index (χ4n) is 3.52. The molecule has 1 N–H and O–H groups in total. The average Bonchev–Trinajstić information content (AvgIpc) is 3.37. The quantitative estimate of drug-likeness (QED) is 0.888. The zero-order chi connectivity index (χ0) is 18.0. The van der Waals surface area contributed by atoms with Crippen LogP contribution in [0.4, 0.5) is 14.9 Å². The van der Waals surface area contributed by atoms with Crippen LogP contribution in [-0.4, -0.2) is 48.8 Å². The van der Waals surface area contributed by atoms with Crippen molar-refractivity contribution in [2.45, 2.75) is 58.4 Å². The molecular formula is C19H28FN3O2. The number of hydrogen-bond donors (Lipinski definition) is 1. The van der Waals surface area contributed by atoms with Gasteiger partial charge in [-0.3, -0.25) is 0 Å². The first-order valence-electron chi connectivity index (χ1n) is 9.21. The molecule has 0 bridgehead atoms. The first-order valence-corrected chi connectivity index (χ1v) is 9.21. The van der Waals surface area contributed by atoms with E-state index in [1.165, 1.54) is 6.07 Å². The van der Waals surface area contributed by atoms with Gasteiger partial charge >= 0.3 is 6.03 Å². The molecule has 0 radical (unpaired) electrons. The third kappa shape index (κ3) is 4.42. The number of carbonyl (C=O) groups excluding carboxylic acids is 1. The van der Waals surface area contributed by atoms with Gasteiger partial charge in [0.1, 0.15) is 5.82 Å². The molecule has 1 saturated carbocycles. The number of halogens is 1. The molecule has 1 aliphatic carbocycles. The van der Waals surface area contributed by atoms with Gasteiger partial charge in [-0.15, -0.1) is 0 Å². The summed E-state index contributed by atoms with van der Waals surface area (Å²) in [5, 5.41) is 2.90. The average molecular weight is 349 g/mol. The summed E-state index contributed by atoms with van der Waals surface area (Å²) in [5.41, 5.74) is 1.38. The lowest BCUT2D eigenvalue weighted by Gasteiger charge is -2.37. The van der Waals surface area contributed by atoms with Crippen LogP contribution >= 0.6 is 0 Å². The van der Waals surface area contributed by atoms with Crippen molar-refractivity contribution in [3.63, 3.8) is 0 Å². The van der Waals surface area contributed by atoms with Crippen molar-refractivity contribution < 1.29 is 13.9 Å². The van der Waals surface area contributed by atoms with Crippen LogP contribution in [0.25, 0.3) is 0 Å². The molecule has 1 aromatic carbocycles. The van der Waals surface area contributed by atoms with E-state index in [1.54, 1.807) is 6.07 Å². The number of urea groups is 1. The molecule has 5 nitrogen and oxygen atoms in total. The number of morpholine rings is 1. The number of carbonyl (C=O) groups is 1. The molecule has 0 spiro atoms. The summed E-state index contributed by atoms with van der Waals surface area (Å²) < 4.78 is 20.3. The molecular weight excluding hydrogens is 321 g/mol. The molecule has 6 heteroatoms. The fourth-order valence-corrected chi connectivity index (χ4v) is 3.52. The van der Waals surface area contributed by atoms with Gasteiger partial charge in [-0.1, -0.05) is 6.07 Å². The van der Waals surface area contributed by atoms with E-state index < -0.39 is 0 Å². The molecule has 2 atom stereocenters. The minimum Gasteiger partial charge on any atom is -0.372 e. The van der Waals surface area contributed by atoms with Crippen molar-refractivity contribution in [1.82, 2.24) is 10.2 Å². The van der Waals surface area contributed by atoms with E-state index in [0.29, 0.717) is 37.9 Å². The Kier molecular flexibility index (Phi) is 5.47. The number of amides is 2. The maximum absolute atomic E-state index is 14.6. The monoisotopic (exact) mass is 349 g/mol. The Bertz CT molecular complexity index is 611. The number of anilines is 1. The van der Waals surface area contributed by atoms with Gasteiger partial charge in [0.25, 0.3) is 0 Å². The van der Waals surface area contributed by atoms with E-state index in [-0.39, 0.29) is 24.1 Å². The van der Waals surface area contributed by atoms with Gasteiger partial charge in [-0.25, -0.2) is 9.18 Å². The summed E-state index contributed by atoms with van der Waals surface area (Å²) in [7, 11) is 0. The highest BCUT2D eigenvalue weighted by atomic mass is 19.1. The van der Waals surface area contributed by atoms with E-state index in [9.17, 15) is 9.18 Å². The van der Waals surface area contributed by atoms with Crippen molar-refractivity contribution in [3.05, 3.63) is 29.6 Å². The third-order valence-electron chi connectivity index (χ3n) is 4.81. The molecule has 1 saturated heterocycles. The molecule has 1 aliphatic heterocycles. The van der Waals surface area contributed by atoms with Crippen LogP contribution in [0, 0.1) is 5.82 Å². The number of hydrogen-bond acceptors (Lipinski definition) is 3. The predicted molar refractivity (Wildman–Crippen MR) is 96.3 cm³/mol. The molecule has 2 fully saturated rings. The first-order chi connectivity index (χ1) is 12.0. The Morgan fingerprint density at radius 3 is 2.56 bits per heavy atom. The third-order valence-corrected chi connectivity index (χ3v) is 4.81. The Labute approximate surface area is 149 Å². The van der Waals surface area contributed by atoms with Gasteiger partial charge in [0, 0.05) is 32.2 Å². The van der Waals surface area contributed by atoms with Gasteiger partial charge in [-0.2, -0.15) is 0 Å². The lowest BCUT2D eigenvalue weighted by atomic mass is 10.1. The molecule has 1 heterocycles. The summed E-state index contributed by atoms with van der Waals surface area (Å²) >= 11 is 0. The van der Waals surface area contributed by atoms with Crippen LogP contribution in [0.1, 0.15) is 39.2 Å². The summed E-state index contributed by atoms with van der Waals surface area (Å²) in [6.07, 6.45) is 2.34. The molecule has 0 aromatic heterocycles. The van der Waals surface area contributed by atoms with Crippen molar-refractivity contribution in [2.75, 3.05) is 24.5 Å². The second kappa shape index (κ2) is 7.60. The summed E-state index contributed by atoms with van der Waals surface area (Å²) in [5.74, 6) is -0.248. The lowest BCUT2D eigenvalue weighted by molar-refractivity contribution is -0.00539. The van der Waals surface area contributed by atoms with Crippen molar-refractivity contribution in [1.29, 1.82) is 0 Å². The van der Waals surface area contributed by atoms with Crippen LogP contribution < -0.4 is 10.2 Å². The summed E-state index contributed by atoms with van der Waals surface area (Å²) in [4.78, 5) is 16.1. The molecule has 3 rings (SSSR count). The number of rotatable bonds is 5. The van der Waals surface area contributed by atoms with Gasteiger partial charge in [-0.05, 0) is 51.3 Å². The van der Waals surface area contributed by atoms with Crippen molar-refractivity contribution in [3.8, 4) is 0 Å². The van der Waals surface area contributed by atoms with Crippen LogP contribution in [0.2, 0.25) is 0 Å². The van der Waals surface area contributed by atoms with Crippen LogP contribution in [-0.2, 0) is 11.3 Å². The molecule has 2 amide bonds. The SMILES string of the molecule is CCN(C(=O)NCc1ccc(N2CC(C)OC(C)C2)c(F)c1)C1CC1. The number of nitrogens with zero attached hydrogens (tertiary/aromatic N) is 2. The highest BCUT2D eigenvalue weighted by molar-refractivity contribution is 5.74. The Hall–Kier alpha value is -1.82. The number of nitrogens with one attached hydrogen (secondary N) is 1. The molecule has 2 unspecified atom stereocenters. The normalized spacial score (nSPS) is 23.4. The Morgan fingerprint density at radius 1 is 1.32 bits per heavy atom. The van der Waals surface area contributed by atoms with Crippen molar-refractivity contribution in [2.24, 2.45) is 0 Å². The molecule has 25 heavy (non-hydrogen) atoms. The Balaban J connectivity index is 1.60. The number of benzene rings is 1. The Morgan fingerprint density at radius 2 is 2.00 bits per heavy atom. The smallest absolute Gasteiger partial charge is 0.317 e. The van der Waals surface area contributed by atoms with E-state index in [2.05, 4.69) is 5.32 Å². The van der Waals surface area contributed by atoms with Crippen LogP contribution in [0.5, 0.6) is 0 Å². The predicted octanol–water partition coefficient (Wildman–Crippen LogP) is 3.13. The van der Waals surface area contributed by atoms with Gasteiger partial charge in [0.2, 0.25) is 0 Å². The zero-order valence-corrected chi connectivity index (χ0v) is 15.3. The lowest BCUT2D eigenvalue weighted by Crippen LogP contribution is -2.45. The standard InChI is InChI=1S/C19H28FN3O2/c1-4-23(16-6-7-16)19(24)21-10-15-5-8-18(17(20)9-15)22-11-13(2)25-14(3)12-22/h5,8-9,13-14,16H,4,6-7,10-12H2,1-3H3,(H,21,24). The summed E-state index contributed by atoms with van der Waals surface area (Å²) in [6.45, 7) is 8.41. The van der Waals surface area contributed by atoms with Crippen LogP contribution in [0.15, 0.2) is 18.2 Å². The van der Waals surface area contributed by atoms with E-state index in [0.717, 1.165) is 18.4 Å². The largest absolute Gasteiger partial charge is 0.372 e. The highest BCUT2D eigenvalue weighted by Gasteiger charge is 2.31. The van der Waals surface area contributed by atoms with Crippen LogP contribution in [0.3, 0.4) is 0 Å². The fraction of sp³-hybridized carbons (Fsp3) is 0.632. The number of ether oxygens (including phenoxy) is 1. The van der Waals surface area contributed by atoms with E-state index in [4.69, 9.17) is 4.74 Å². The van der Waals surface area contributed by atoms with Gasteiger partial charge < -0.3 is 19.9 Å². The zero-order valence-electron chi connectivity index (χ0n) is 15.3. The topological polar surface area (TPSA) is 44.8 Å². The van der Waals surface area contributed by atoms with Gasteiger partial charge in [0.05, 0.1) is 17.9 Å². The first kappa shape index (κ1) is 18.0.